The summed E-state index contributed by atoms with van der Waals surface area (Å²) < 4.78 is 38.2. The Morgan fingerprint density at radius 1 is 1.30 bits per heavy atom. The summed E-state index contributed by atoms with van der Waals surface area (Å²) in [5, 5.41) is 5.00. The van der Waals surface area contributed by atoms with Gasteiger partial charge in [0.25, 0.3) is 5.88 Å². The second-order valence-electron chi connectivity index (χ2n) is 7.31. The molecule has 0 aliphatic rings. The number of aromatic nitrogens is 1. The van der Waals surface area contributed by atoms with E-state index in [4.69, 9.17) is 14.1 Å². The third-order valence-corrected chi connectivity index (χ3v) is 3.51. The highest BCUT2D eigenvalue weighted by Crippen LogP contribution is 2.37. The summed E-state index contributed by atoms with van der Waals surface area (Å²) in [5.74, 6) is -1.11. The van der Waals surface area contributed by atoms with Crippen molar-refractivity contribution in [1.29, 1.82) is 0 Å². The minimum Gasteiger partial charge on any atom is -0.473 e. The zero-order chi connectivity index (χ0) is 20.2. The van der Waals surface area contributed by atoms with Gasteiger partial charge in [-0.05, 0) is 44.0 Å². The molecule has 8 heteroatoms. The van der Waals surface area contributed by atoms with Crippen LogP contribution in [0.25, 0.3) is 11.3 Å². The molecule has 1 aromatic heterocycles. The first-order valence-electron chi connectivity index (χ1n) is 8.61. The number of hydroxylamine groups is 2. The van der Waals surface area contributed by atoms with Gasteiger partial charge in [0.15, 0.2) is 5.76 Å². The van der Waals surface area contributed by atoms with Crippen molar-refractivity contribution in [3.63, 3.8) is 0 Å². The van der Waals surface area contributed by atoms with Gasteiger partial charge in [-0.25, -0.2) is 13.8 Å². The maximum absolute atomic E-state index is 14.1. The molecule has 0 saturated heterocycles. The molecular weight excluding hydrogens is 358 g/mol. The van der Waals surface area contributed by atoms with Crippen molar-refractivity contribution < 1.29 is 27.7 Å². The van der Waals surface area contributed by atoms with Crippen LogP contribution in [0.3, 0.4) is 0 Å². The van der Waals surface area contributed by atoms with Crippen molar-refractivity contribution in [2.45, 2.75) is 46.1 Å². The number of amides is 1. The Morgan fingerprint density at radius 2 is 2.00 bits per heavy atom. The van der Waals surface area contributed by atoms with Crippen LogP contribution in [0, 0.1) is 11.6 Å². The van der Waals surface area contributed by atoms with E-state index in [1.807, 2.05) is 34.6 Å². The van der Waals surface area contributed by atoms with E-state index in [2.05, 4.69) is 5.16 Å². The first-order chi connectivity index (χ1) is 12.6. The molecule has 0 fully saturated rings. The maximum atomic E-state index is 14.1. The Hall–Kier alpha value is -2.48. The van der Waals surface area contributed by atoms with Crippen molar-refractivity contribution in [1.82, 2.24) is 10.2 Å². The van der Waals surface area contributed by atoms with E-state index in [9.17, 15) is 13.6 Å². The maximum Gasteiger partial charge on any atom is 0.258 e. The monoisotopic (exact) mass is 382 g/mol. The zero-order valence-electron chi connectivity index (χ0n) is 16.1. The lowest BCUT2D eigenvalue weighted by Crippen LogP contribution is -2.35. The molecule has 2 rings (SSSR count). The van der Waals surface area contributed by atoms with E-state index >= 15 is 0 Å². The standard InChI is InChI=1S/C19H24F2N2O4/c1-12(2)16-17(14-7-6-13(20)10-15(14)21)26-22-18(16)25-9-8-23(11-24)27-19(3,4)5/h6-7,10-12H,8-9H2,1-5H3. The molecule has 6 nitrogen and oxygen atoms in total. The average Bonchev–Trinajstić information content (AvgIpc) is 2.96. The Kier molecular flexibility index (Phi) is 6.54. The summed E-state index contributed by atoms with van der Waals surface area (Å²) in [6.07, 6.45) is 0.570. The normalized spacial score (nSPS) is 11.7. The minimum absolute atomic E-state index is 0.0845. The molecule has 0 saturated carbocycles. The van der Waals surface area contributed by atoms with Crippen molar-refractivity contribution in [3.05, 3.63) is 35.4 Å². The lowest BCUT2D eigenvalue weighted by Gasteiger charge is -2.26. The first kappa shape index (κ1) is 20.8. The molecule has 0 aliphatic heterocycles. The summed E-state index contributed by atoms with van der Waals surface area (Å²) >= 11 is 0. The third-order valence-electron chi connectivity index (χ3n) is 3.51. The molecule has 1 aromatic carbocycles. The fourth-order valence-corrected chi connectivity index (χ4v) is 2.47. The van der Waals surface area contributed by atoms with E-state index in [-0.39, 0.29) is 36.3 Å². The molecular formula is C19H24F2N2O4. The van der Waals surface area contributed by atoms with Crippen LogP contribution in [-0.4, -0.2) is 35.4 Å². The molecule has 0 aliphatic carbocycles. The lowest BCUT2D eigenvalue weighted by atomic mass is 9.99. The number of carbonyl (C=O) groups is 1. The number of hydrogen-bond donors (Lipinski definition) is 0. The van der Waals surface area contributed by atoms with Gasteiger partial charge in [-0.15, -0.1) is 0 Å². The molecule has 0 bridgehead atoms. The average molecular weight is 382 g/mol. The van der Waals surface area contributed by atoms with Gasteiger partial charge >= 0.3 is 0 Å². The highest BCUT2D eigenvalue weighted by molar-refractivity contribution is 5.64. The Labute approximate surface area is 157 Å². The largest absolute Gasteiger partial charge is 0.473 e. The van der Waals surface area contributed by atoms with Gasteiger partial charge in [0, 0.05) is 6.07 Å². The molecule has 0 radical (unpaired) electrons. The van der Waals surface area contributed by atoms with Gasteiger partial charge in [0.2, 0.25) is 6.41 Å². The predicted octanol–water partition coefficient (Wildman–Crippen LogP) is 4.31. The first-order valence-corrected chi connectivity index (χ1v) is 8.61. The SMILES string of the molecule is CC(C)c1c(OCCN(C=O)OC(C)(C)C)noc1-c1ccc(F)cc1F. The van der Waals surface area contributed by atoms with Crippen LogP contribution in [0.1, 0.15) is 46.1 Å². The van der Waals surface area contributed by atoms with Gasteiger partial charge in [0.1, 0.15) is 18.2 Å². The van der Waals surface area contributed by atoms with E-state index < -0.39 is 17.2 Å². The number of hydrogen-bond acceptors (Lipinski definition) is 5. The van der Waals surface area contributed by atoms with Crippen molar-refractivity contribution >= 4 is 6.41 Å². The zero-order valence-corrected chi connectivity index (χ0v) is 16.1. The fourth-order valence-electron chi connectivity index (χ4n) is 2.47. The number of rotatable bonds is 8. The van der Waals surface area contributed by atoms with Crippen molar-refractivity contribution in [3.8, 4) is 17.2 Å². The van der Waals surface area contributed by atoms with Crippen LogP contribution in [0.15, 0.2) is 22.7 Å². The fraction of sp³-hybridized carbons (Fsp3) is 0.474. The second-order valence-corrected chi connectivity index (χ2v) is 7.31. The molecule has 0 atom stereocenters. The third kappa shape index (κ3) is 5.50. The van der Waals surface area contributed by atoms with Crippen LogP contribution in [0.4, 0.5) is 8.78 Å². The van der Waals surface area contributed by atoms with Crippen molar-refractivity contribution in [2.75, 3.05) is 13.2 Å². The van der Waals surface area contributed by atoms with E-state index in [1.165, 1.54) is 6.07 Å². The molecule has 1 heterocycles. The van der Waals surface area contributed by atoms with Gasteiger partial charge in [-0.1, -0.05) is 13.8 Å². The van der Waals surface area contributed by atoms with Gasteiger partial charge in [-0.3, -0.25) is 9.63 Å². The molecule has 2 aromatic rings. The number of carbonyl (C=O) groups excluding carboxylic acids is 1. The van der Waals surface area contributed by atoms with Crippen LogP contribution >= 0.6 is 0 Å². The van der Waals surface area contributed by atoms with Gasteiger partial charge in [-0.2, -0.15) is 0 Å². The second kappa shape index (κ2) is 8.47. The van der Waals surface area contributed by atoms with E-state index in [0.717, 1.165) is 17.2 Å². The topological polar surface area (TPSA) is 64.8 Å². The summed E-state index contributed by atoms with van der Waals surface area (Å²) in [6, 6.07) is 3.23. The summed E-state index contributed by atoms with van der Waals surface area (Å²) in [6.45, 7) is 9.50. The number of benzene rings is 1. The molecule has 1 amide bonds. The Balaban J connectivity index is 2.16. The van der Waals surface area contributed by atoms with Crippen LogP contribution in [0.5, 0.6) is 5.88 Å². The smallest absolute Gasteiger partial charge is 0.258 e. The minimum atomic E-state index is -0.745. The summed E-state index contributed by atoms with van der Waals surface area (Å²) in [5.41, 5.74) is 0.147. The highest BCUT2D eigenvalue weighted by Gasteiger charge is 2.24. The Bertz CT molecular complexity index is 785. The van der Waals surface area contributed by atoms with Gasteiger partial charge < -0.3 is 9.26 Å². The number of ether oxygens (including phenoxy) is 1. The number of halogens is 2. The molecule has 27 heavy (non-hydrogen) atoms. The van der Waals surface area contributed by atoms with Crippen LogP contribution < -0.4 is 4.74 Å². The summed E-state index contributed by atoms with van der Waals surface area (Å²) in [7, 11) is 0. The Morgan fingerprint density at radius 3 is 2.56 bits per heavy atom. The van der Waals surface area contributed by atoms with Crippen LogP contribution in [-0.2, 0) is 9.63 Å². The molecule has 0 N–H and O–H groups in total. The van der Waals surface area contributed by atoms with E-state index in [0.29, 0.717) is 12.0 Å². The summed E-state index contributed by atoms with van der Waals surface area (Å²) in [4.78, 5) is 16.6. The quantitative estimate of drug-likeness (QED) is 0.503. The van der Waals surface area contributed by atoms with Crippen molar-refractivity contribution in [2.24, 2.45) is 0 Å². The number of nitrogens with zero attached hydrogens (tertiary/aromatic N) is 2. The lowest BCUT2D eigenvalue weighted by molar-refractivity contribution is -0.217. The molecule has 0 unspecified atom stereocenters. The highest BCUT2D eigenvalue weighted by atomic mass is 19.1. The molecule has 148 valence electrons. The van der Waals surface area contributed by atoms with E-state index in [1.54, 1.807) is 0 Å². The van der Waals surface area contributed by atoms with Crippen LogP contribution in [0.2, 0.25) is 0 Å². The molecule has 0 spiro atoms. The van der Waals surface area contributed by atoms with Gasteiger partial charge in [0.05, 0.1) is 23.3 Å². The predicted molar refractivity (Wildman–Crippen MR) is 95.0 cm³/mol.